The number of amides is 9. The molecular weight excluding hydrogens is 1020 g/mol. The highest BCUT2D eigenvalue weighted by atomic mass is 32.1. The van der Waals surface area contributed by atoms with E-state index in [1.165, 1.54) is 24.3 Å². The molecule has 0 aliphatic carbocycles. The molecule has 1 aliphatic rings. The molecule has 0 aromatic heterocycles. The minimum Gasteiger partial charge on any atom is -0.508 e. The fourth-order valence-corrected chi connectivity index (χ4v) is 7.75. The third-order valence-electron chi connectivity index (χ3n) is 11.1. The molecule has 0 spiro atoms. The van der Waals surface area contributed by atoms with E-state index in [0.29, 0.717) is 24.9 Å². The van der Waals surface area contributed by atoms with Crippen molar-refractivity contribution < 1.29 is 73.2 Å². The smallest absolute Gasteiger partial charge is 0.326 e. The van der Waals surface area contributed by atoms with Gasteiger partial charge in [0.2, 0.25) is 53.2 Å². The third kappa shape index (κ3) is 22.0. The molecule has 412 valence electrons. The maximum Gasteiger partial charge on any atom is 0.326 e. The number of aliphatic hydroxyl groups is 1. The van der Waals surface area contributed by atoms with Crippen LogP contribution in [0.1, 0.15) is 56.9 Å². The summed E-state index contributed by atoms with van der Waals surface area (Å²) in [6.45, 7) is -1.99. The van der Waals surface area contributed by atoms with E-state index in [1.807, 2.05) is 0 Å². The minimum absolute atomic E-state index is 0.0296. The van der Waals surface area contributed by atoms with E-state index >= 15 is 0 Å². The molecular formula is C43H68N14O15S2. The molecule has 20 N–H and O–H groups in total. The Kier molecular flexibility index (Phi) is 28.1. The Labute approximate surface area is 436 Å². The number of hydrogen-bond donors (Lipinski definition) is 19. The minimum atomic E-state index is -1.93. The average Bonchev–Trinajstić information content (AvgIpc) is 3.86. The number of nitrogens with two attached hydrogens (primary N) is 3. The molecule has 1 aliphatic heterocycles. The van der Waals surface area contributed by atoms with Crippen LogP contribution in [0.3, 0.4) is 0 Å². The van der Waals surface area contributed by atoms with Crippen LogP contribution >= 0.6 is 25.3 Å². The molecule has 1 aromatic rings. The van der Waals surface area contributed by atoms with Crippen LogP contribution in [-0.2, 0) is 59.2 Å². The van der Waals surface area contributed by atoms with E-state index < -0.39 is 146 Å². The largest absolute Gasteiger partial charge is 0.508 e. The maximum atomic E-state index is 13.9. The molecule has 0 bridgehead atoms. The van der Waals surface area contributed by atoms with Crippen LogP contribution in [0.4, 0.5) is 0 Å². The van der Waals surface area contributed by atoms with Crippen molar-refractivity contribution in [3.8, 4) is 5.75 Å². The molecule has 0 unspecified atom stereocenters. The highest BCUT2D eigenvalue weighted by molar-refractivity contribution is 7.80. The van der Waals surface area contributed by atoms with Gasteiger partial charge in [-0.15, -0.1) is 0 Å². The number of hydrogen-bond acceptors (Lipinski definition) is 18. The molecule has 1 heterocycles. The van der Waals surface area contributed by atoms with Crippen LogP contribution in [0.2, 0.25) is 0 Å². The van der Waals surface area contributed by atoms with E-state index in [2.05, 4.69) is 73.1 Å². The Balaban J connectivity index is 2.24. The highest BCUT2D eigenvalue weighted by Crippen LogP contribution is 2.20. The number of thiol groups is 2. The standard InChI is InChI=1S/C43H68N14O15S2/c44-12-2-1-5-25(42(71)72)52-37(66)26(15-22-8-10-23(59)11-9-22)53-39(68)30(21-74)56-40(69)31-7-4-14-57(31)41(70)28(19-58)55-38(67)27(16-34(62)63)54-36(65)24(6-3-13-48-43(46)47)50-33(61)18-49-35(64)29(20-73)51-32(60)17-45/h8-11,24-31,58-59,73-74H,1-7,12-21,44-45H2,(H,49,64)(H,50,61)(H,51,60)(H,52,66)(H,53,68)(H,54,65)(H,55,67)(H,56,69)(H,62,63)(H,71,72)(H4,46,47,48)/t24-,25-,26+,27-,28-,29-,30-,31-/m0/s1. The number of likely N-dealkylation sites (tertiary alicyclic amines) is 1. The Hall–Kier alpha value is -6.96. The number of guanidine groups is 1. The fourth-order valence-electron chi connectivity index (χ4n) is 7.23. The molecule has 0 radical (unpaired) electrons. The first-order valence-corrected chi connectivity index (χ1v) is 24.6. The number of nitrogens with zero attached hydrogens (tertiary/aromatic N) is 1. The summed E-state index contributed by atoms with van der Waals surface area (Å²) in [4.78, 5) is 144. The van der Waals surface area contributed by atoms with E-state index in [9.17, 15) is 73.2 Å². The number of nitrogens with one attached hydrogen (secondary N) is 10. The number of carbonyl (C=O) groups is 11. The summed E-state index contributed by atoms with van der Waals surface area (Å²) >= 11 is 8.20. The molecule has 8 atom stereocenters. The van der Waals surface area contributed by atoms with Gasteiger partial charge in [-0.2, -0.15) is 25.3 Å². The number of unbranched alkanes of at least 4 members (excludes halogenated alkanes) is 1. The van der Waals surface area contributed by atoms with Crippen molar-refractivity contribution in [2.75, 3.05) is 50.8 Å². The van der Waals surface area contributed by atoms with Crippen molar-refractivity contribution in [3.63, 3.8) is 0 Å². The van der Waals surface area contributed by atoms with Crippen LogP contribution in [-0.4, -0.2) is 196 Å². The van der Waals surface area contributed by atoms with Gasteiger partial charge in [0.25, 0.3) is 0 Å². The number of carbonyl (C=O) groups excluding carboxylic acids is 9. The zero-order valence-electron chi connectivity index (χ0n) is 40.3. The van der Waals surface area contributed by atoms with Crippen LogP contribution in [0.5, 0.6) is 5.75 Å². The molecule has 0 saturated carbocycles. The number of benzene rings is 1. The quantitative estimate of drug-likeness (QED) is 0.0135. The number of carboxylic acid groups (broad SMARTS) is 2. The van der Waals surface area contributed by atoms with Crippen LogP contribution in [0.25, 0.3) is 0 Å². The Bertz CT molecular complexity index is 2140. The van der Waals surface area contributed by atoms with E-state index in [4.69, 9.17) is 22.6 Å². The van der Waals surface area contributed by atoms with Gasteiger partial charge in [0.1, 0.15) is 54.1 Å². The number of aliphatic carboxylic acids is 2. The second-order valence-electron chi connectivity index (χ2n) is 16.8. The van der Waals surface area contributed by atoms with Gasteiger partial charge in [0, 0.05) is 31.0 Å². The lowest BCUT2D eigenvalue weighted by Crippen LogP contribution is -2.61. The number of aliphatic hydroxyl groups excluding tert-OH is 1. The average molecular weight is 1090 g/mol. The van der Waals surface area contributed by atoms with Gasteiger partial charge in [-0.05, 0) is 69.2 Å². The molecule has 74 heavy (non-hydrogen) atoms. The topological polar surface area (TPSA) is 482 Å². The lowest BCUT2D eigenvalue weighted by molar-refractivity contribution is -0.144. The zero-order chi connectivity index (χ0) is 55.5. The van der Waals surface area contributed by atoms with Crippen molar-refractivity contribution in [2.24, 2.45) is 17.2 Å². The molecule has 1 saturated heterocycles. The molecule has 2 rings (SSSR count). The van der Waals surface area contributed by atoms with Crippen molar-refractivity contribution in [3.05, 3.63) is 29.8 Å². The number of phenols is 1. The van der Waals surface area contributed by atoms with Crippen molar-refractivity contribution in [1.29, 1.82) is 5.41 Å². The van der Waals surface area contributed by atoms with Gasteiger partial charge < -0.3 is 90.4 Å². The second kappa shape index (κ2) is 33.0. The van der Waals surface area contributed by atoms with Crippen molar-refractivity contribution >= 4 is 96.3 Å². The normalized spacial score (nSPS) is 15.7. The Morgan fingerprint density at radius 2 is 1.23 bits per heavy atom. The lowest BCUT2D eigenvalue weighted by atomic mass is 10.0. The predicted octanol–water partition coefficient (Wildman–Crippen LogP) is -6.80. The molecule has 31 heteroatoms. The number of rotatable bonds is 33. The number of phenolic OH excluding ortho intramolecular Hbond substituents is 1. The predicted molar refractivity (Wildman–Crippen MR) is 269 cm³/mol. The van der Waals surface area contributed by atoms with Crippen LogP contribution in [0, 0.1) is 5.41 Å². The first-order valence-electron chi connectivity index (χ1n) is 23.3. The molecule has 9 amide bonds. The summed E-state index contributed by atoms with van der Waals surface area (Å²) in [5.74, 6) is -12.4. The van der Waals surface area contributed by atoms with Gasteiger partial charge in [-0.25, -0.2) is 4.79 Å². The van der Waals surface area contributed by atoms with Crippen molar-refractivity contribution in [2.45, 2.75) is 106 Å². The number of carboxylic acids is 2. The van der Waals surface area contributed by atoms with Gasteiger partial charge in [-0.3, -0.25) is 53.4 Å². The number of aromatic hydroxyl groups is 1. The van der Waals surface area contributed by atoms with E-state index in [1.54, 1.807) is 0 Å². The van der Waals surface area contributed by atoms with Gasteiger partial charge in [0.15, 0.2) is 5.96 Å². The maximum absolute atomic E-state index is 13.9. The van der Waals surface area contributed by atoms with E-state index in [0.717, 1.165) is 4.90 Å². The first-order chi connectivity index (χ1) is 35.1. The Morgan fingerprint density at radius 1 is 0.676 bits per heavy atom. The van der Waals surface area contributed by atoms with Crippen LogP contribution < -0.4 is 65.1 Å². The Morgan fingerprint density at radius 3 is 1.81 bits per heavy atom. The second-order valence-corrected chi connectivity index (χ2v) is 17.5. The lowest BCUT2D eigenvalue weighted by Gasteiger charge is -2.30. The third-order valence-corrected chi connectivity index (χ3v) is 11.8. The molecule has 1 fully saturated rings. The highest BCUT2D eigenvalue weighted by Gasteiger charge is 2.40. The monoisotopic (exact) mass is 1080 g/mol. The van der Waals surface area contributed by atoms with Gasteiger partial charge in [0.05, 0.1) is 26.1 Å². The summed E-state index contributed by atoms with van der Waals surface area (Å²) < 4.78 is 0. The molecule has 29 nitrogen and oxygen atoms in total. The summed E-state index contributed by atoms with van der Waals surface area (Å²) in [6, 6.07) is -6.23. The van der Waals surface area contributed by atoms with Gasteiger partial charge in [-0.1, -0.05) is 12.1 Å². The molecule has 1 aromatic carbocycles. The first kappa shape index (κ1) is 63.2. The van der Waals surface area contributed by atoms with E-state index in [-0.39, 0.29) is 68.9 Å². The zero-order valence-corrected chi connectivity index (χ0v) is 42.1. The van der Waals surface area contributed by atoms with Crippen molar-refractivity contribution in [1.82, 2.24) is 52.8 Å². The summed E-state index contributed by atoms with van der Waals surface area (Å²) in [5, 5.41) is 68.1. The summed E-state index contributed by atoms with van der Waals surface area (Å²) in [7, 11) is 0. The summed E-state index contributed by atoms with van der Waals surface area (Å²) in [5.41, 5.74) is 16.6. The summed E-state index contributed by atoms with van der Waals surface area (Å²) in [6.07, 6.45) is -0.183. The van der Waals surface area contributed by atoms with Crippen LogP contribution in [0.15, 0.2) is 24.3 Å². The van der Waals surface area contributed by atoms with Gasteiger partial charge >= 0.3 is 11.9 Å². The SMILES string of the molecule is N=C(N)NCCC[C@H](NC(=O)CNC(=O)[C@H](CS)NC(=O)CN)C(=O)N[C@@H](CC(=O)O)C(=O)N[C@@H](CO)C(=O)N1CCC[C@H]1C(=O)N[C@@H](CS)C(=O)N[C@H](Cc1ccc(O)cc1)C(=O)N[C@@H](CCCCN)C(=O)O. The fraction of sp³-hybridized carbons (Fsp3) is 0.581.